The van der Waals surface area contributed by atoms with Crippen LogP contribution in [-0.2, 0) is 0 Å². The second kappa shape index (κ2) is 23.3. The third-order valence-electron chi connectivity index (χ3n) is 1.64. The fourth-order valence-corrected chi connectivity index (χ4v) is 0.986. The molecule has 0 aliphatic heterocycles. The smallest absolute Gasteiger partial charge is 0.0621 e. The van der Waals surface area contributed by atoms with Gasteiger partial charge < -0.3 is 4.90 Å². The fraction of sp³-hybridized carbons (Fsp3) is 0.923. The predicted octanol–water partition coefficient (Wildman–Crippen LogP) is 4.07. The average Bonchev–Trinajstić information content (AvgIpc) is 2.28. The van der Waals surface area contributed by atoms with Gasteiger partial charge in [0.1, 0.15) is 0 Å². The molecule has 0 aromatic carbocycles. The summed E-state index contributed by atoms with van der Waals surface area (Å²) >= 11 is 0. The summed E-state index contributed by atoms with van der Waals surface area (Å²) in [5.74, 6) is 0. The van der Waals surface area contributed by atoms with Crippen molar-refractivity contribution in [3.05, 3.63) is 0 Å². The first-order chi connectivity index (χ1) is 7.27. The lowest BCUT2D eigenvalue weighted by atomic mass is 10.1. The summed E-state index contributed by atoms with van der Waals surface area (Å²) in [4.78, 5) is 2.20. The molecule has 0 saturated carbocycles. The summed E-state index contributed by atoms with van der Waals surface area (Å²) in [6, 6.07) is 2.16. The maximum atomic E-state index is 8.25. The molecule has 0 aliphatic rings. The fourth-order valence-electron chi connectivity index (χ4n) is 0.986. The van der Waals surface area contributed by atoms with Gasteiger partial charge in [0.25, 0.3) is 0 Å². The Hall–Kier alpha value is -0.550. The maximum absolute atomic E-state index is 8.25. The maximum Gasteiger partial charge on any atom is 0.0621 e. The zero-order valence-electron chi connectivity index (χ0n) is 11.6. The van der Waals surface area contributed by atoms with Crippen molar-refractivity contribution >= 4 is 0 Å². The summed E-state index contributed by atoms with van der Waals surface area (Å²) in [6.07, 6.45) is 5.53. The van der Waals surface area contributed by atoms with Crippen molar-refractivity contribution in [3.63, 3.8) is 0 Å². The molecule has 0 heterocycles. The molecule has 0 unspecified atom stereocenters. The van der Waals surface area contributed by atoms with Crippen LogP contribution in [0.3, 0.4) is 0 Å². The Morgan fingerprint density at radius 1 is 0.867 bits per heavy atom. The first-order valence-electron chi connectivity index (χ1n) is 6.29. The lowest BCUT2D eigenvalue weighted by molar-refractivity contribution is 0.390. The standard InChI is InChI=1S/C9H18N2.2C2H6/c1-11(2)9-7-5-3-4-6-8-10;2*1-2/h3-7,9H2,1-2H3;2*1-2H3. The molecular weight excluding hydrogens is 184 g/mol. The van der Waals surface area contributed by atoms with Gasteiger partial charge in [0.15, 0.2) is 0 Å². The predicted molar refractivity (Wildman–Crippen MR) is 69.9 cm³/mol. The number of hydrogen-bond acceptors (Lipinski definition) is 2. The van der Waals surface area contributed by atoms with Crippen molar-refractivity contribution in [2.75, 3.05) is 20.6 Å². The molecule has 0 spiro atoms. The highest BCUT2D eigenvalue weighted by Crippen LogP contribution is 2.02. The van der Waals surface area contributed by atoms with Crippen LogP contribution in [0.2, 0.25) is 0 Å². The molecule has 92 valence electrons. The summed E-state index contributed by atoms with van der Waals surface area (Å²) in [6.45, 7) is 9.17. The monoisotopic (exact) mass is 214 g/mol. The quantitative estimate of drug-likeness (QED) is 0.623. The molecule has 0 saturated heterocycles. The molecule has 0 amide bonds. The lowest BCUT2D eigenvalue weighted by Crippen LogP contribution is -2.12. The molecule has 0 radical (unpaired) electrons. The van der Waals surface area contributed by atoms with Gasteiger partial charge in [0.2, 0.25) is 0 Å². The minimum absolute atomic E-state index is 0.724. The molecule has 0 atom stereocenters. The van der Waals surface area contributed by atoms with Crippen LogP contribution in [0.1, 0.15) is 59.8 Å². The molecule has 0 aromatic rings. The van der Waals surface area contributed by atoms with E-state index in [4.69, 9.17) is 5.26 Å². The van der Waals surface area contributed by atoms with E-state index in [0.29, 0.717) is 0 Å². The van der Waals surface area contributed by atoms with Crippen molar-refractivity contribution in [1.82, 2.24) is 4.90 Å². The summed E-state index contributed by atoms with van der Waals surface area (Å²) in [5.41, 5.74) is 0. The van der Waals surface area contributed by atoms with Gasteiger partial charge in [-0.3, -0.25) is 0 Å². The molecule has 2 heteroatoms. The highest BCUT2D eigenvalue weighted by Gasteiger charge is 1.90. The highest BCUT2D eigenvalue weighted by atomic mass is 15.0. The summed E-state index contributed by atoms with van der Waals surface area (Å²) in [5, 5.41) is 8.25. The van der Waals surface area contributed by atoms with Gasteiger partial charge in [-0.25, -0.2) is 0 Å². The zero-order chi connectivity index (χ0) is 12.5. The average molecular weight is 214 g/mol. The van der Waals surface area contributed by atoms with E-state index in [2.05, 4.69) is 25.1 Å². The molecule has 0 N–H and O–H groups in total. The van der Waals surface area contributed by atoms with Crippen molar-refractivity contribution in [1.29, 1.82) is 5.26 Å². The van der Waals surface area contributed by atoms with E-state index >= 15 is 0 Å². The first kappa shape index (κ1) is 19.9. The van der Waals surface area contributed by atoms with Crippen LogP contribution in [0.5, 0.6) is 0 Å². The van der Waals surface area contributed by atoms with Crippen LogP contribution in [0, 0.1) is 11.3 Å². The Morgan fingerprint density at radius 2 is 1.33 bits per heavy atom. The minimum atomic E-state index is 0.724. The Balaban J connectivity index is -0.000000318. The van der Waals surface area contributed by atoms with E-state index in [-0.39, 0.29) is 0 Å². The van der Waals surface area contributed by atoms with Gasteiger partial charge in [-0.15, -0.1) is 0 Å². The molecule has 0 aromatic heterocycles. The summed E-state index contributed by atoms with van der Waals surface area (Å²) in [7, 11) is 4.19. The lowest BCUT2D eigenvalue weighted by Gasteiger charge is -2.07. The van der Waals surface area contributed by atoms with Gasteiger partial charge >= 0.3 is 0 Å². The summed E-state index contributed by atoms with van der Waals surface area (Å²) < 4.78 is 0. The van der Waals surface area contributed by atoms with E-state index in [1.54, 1.807) is 0 Å². The van der Waals surface area contributed by atoms with E-state index in [1.807, 2.05) is 27.7 Å². The van der Waals surface area contributed by atoms with Crippen molar-refractivity contribution in [2.45, 2.75) is 59.8 Å². The van der Waals surface area contributed by atoms with E-state index in [1.165, 1.54) is 25.8 Å². The highest BCUT2D eigenvalue weighted by molar-refractivity contribution is 4.67. The Labute approximate surface area is 97.3 Å². The van der Waals surface area contributed by atoms with E-state index < -0.39 is 0 Å². The van der Waals surface area contributed by atoms with Gasteiger partial charge in [-0.2, -0.15) is 5.26 Å². The Bertz CT molecular complexity index is 114. The number of nitrogens with zero attached hydrogens (tertiary/aromatic N) is 2. The van der Waals surface area contributed by atoms with Crippen LogP contribution in [-0.4, -0.2) is 25.5 Å². The Morgan fingerprint density at radius 3 is 1.73 bits per heavy atom. The van der Waals surface area contributed by atoms with Gasteiger partial charge in [0, 0.05) is 6.42 Å². The molecule has 15 heavy (non-hydrogen) atoms. The SMILES string of the molecule is CC.CC.CN(C)CCCCCCC#N. The largest absolute Gasteiger partial charge is 0.309 e. The number of nitriles is 1. The van der Waals surface area contributed by atoms with Crippen molar-refractivity contribution in [3.8, 4) is 6.07 Å². The van der Waals surface area contributed by atoms with Crippen LogP contribution < -0.4 is 0 Å². The van der Waals surface area contributed by atoms with Crippen LogP contribution in [0.4, 0.5) is 0 Å². The molecule has 2 nitrogen and oxygen atoms in total. The van der Waals surface area contributed by atoms with Crippen LogP contribution in [0.25, 0.3) is 0 Å². The minimum Gasteiger partial charge on any atom is -0.309 e. The first-order valence-corrected chi connectivity index (χ1v) is 6.29. The Kier molecular flexibility index (Phi) is 31.0. The normalized spacial score (nSPS) is 8.13. The topological polar surface area (TPSA) is 27.0 Å². The van der Waals surface area contributed by atoms with Crippen LogP contribution in [0.15, 0.2) is 0 Å². The molecule has 0 fully saturated rings. The molecular formula is C13H30N2. The number of unbranched alkanes of at least 4 members (excludes halogenated alkanes) is 4. The number of rotatable bonds is 6. The van der Waals surface area contributed by atoms with Gasteiger partial charge in [0.05, 0.1) is 6.07 Å². The van der Waals surface area contributed by atoms with Crippen molar-refractivity contribution < 1.29 is 0 Å². The second-order valence-electron chi connectivity index (χ2n) is 3.13. The molecule has 0 aliphatic carbocycles. The molecule has 0 rings (SSSR count). The molecule has 0 bridgehead atoms. The third-order valence-corrected chi connectivity index (χ3v) is 1.64. The third kappa shape index (κ3) is 31.8. The van der Waals surface area contributed by atoms with Crippen molar-refractivity contribution in [2.24, 2.45) is 0 Å². The van der Waals surface area contributed by atoms with E-state index in [9.17, 15) is 0 Å². The van der Waals surface area contributed by atoms with E-state index in [0.717, 1.165) is 12.8 Å². The van der Waals surface area contributed by atoms with Crippen LogP contribution >= 0.6 is 0 Å². The second-order valence-corrected chi connectivity index (χ2v) is 3.13. The van der Waals surface area contributed by atoms with Gasteiger partial charge in [-0.1, -0.05) is 40.5 Å². The zero-order valence-corrected chi connectivity index (χ0v) is 11.6. The van der Waals surface area contributed by atoms with Gasteiger partial charge in [-0.05, 0) is 33.5 Å². The number of hydrogen-bond donors (Lipinski definition) is 0.